The Morgan fingerprint density at radius 3 is 3.10 bits per heavy atom. The topological polar surface area (TPSA) is 71.5 Å². The normalized spacial score (nSPS) is 25.4. The van der Waals surface area contributed by atoms with Crippen molar-refractivity contribution in [1.82, 2.24) is 15.2 Å². The Hall–Kier alpha value is -1.47. The van der Waals surface area contributed by atoms with Crippen LogP contribution < -0.4 is 5.32 Å². The molecular weight excluding hydrogens is 290 g/mol. The van der Waals surface area contributed by atoms with Crippen LogP contribution in [0.15, 0.2) is 5.38 Å². The molecule has 0 radical (unpaired) electrons. The number of nitrogens with one attached hydrogen (secondary N) is 1. The number of thiazole rings is 1. The summed E-state index contributed by atoms with van der Waals surface area (Å²) in [4.78, 5) is 29.6. The van der Waals surface area contributed by atoms with Gasteiger partial charge in [0.05, 0.1) is 23.4 Å². The molecule has 1 aromatic heterocycles. The van der Waals surface area contributed by atoms with E-state index in [-0.39, 0.29) is 24.0 Å². The minimum absolute atomic E-state index is 0.0245. The molecule has 2 amide bonds. The second-order valence-electron chi connectivity index (χ2n) is 5.52. The van der Waals surface area contributed by atoms with Crippen molar-refractivity contribution in [3.63, 3.8) is 0 Å². The Bertz CT molecular complexity index is 545. The van der Waals surface area contributed by atoms with Gasteiger partial charge in [-0.05, 0) is 19.8 Å². The molecule has 114 valence electrons. The second kappa shape index (κ2) is 6.11. The van der Waals surface area contributed by atoms with Gasteiger partial charge in [0, 0.05) is 24.9 Å². The third-order valence-electron chi connectivity index (χ3n) is 3.88. The van der Waals surface area contributed by atoms with Crippen molar-refractivity contribution < 1.29 is 14.3 Å². The highest BCUT2D eigenvalue weighted by Crippen LogP contribution is 2.19. The molecule has 2 atom stereocenters. The first-order chi connectivity index (χ1) is 10.1. The van der Waals surface area contributed by atoms with E-state index in [1.807, 2.05) is 12.3 Å². The van der Waals surface area contributed by atoms with E-state index in [0.717, 1.165) is 17.1 Å². The zero-order valence-corrected chi connectivity index (χ0v) is 12.8. The molecule has 2 saturated heterocycles. The highest BCUT2D eigenvalue weighted by Gasteiger charge is 2.34. The molecular formula is C14H19N3O3S. The fraction of sp³-hybridized carbons (Fsp3) is 0.643. The van der Waals surface area contributed by atoms with Gasteiger partial charge in [0.2, 0.25) is 11.8 Å². The number of aromatic nitrogens is 1. The maximum atomic E-state index is 12.3. The van der Waals surface area contributed by atoms with Crippen LogP contribution in [0.25, 0.3) is 0 Å². The molecule has 1 N–H and O–H groups in total. The van der Waals surface area contributed by atoms with Crippen molar-refractivity contribution in [3.8, 4) is 0 Å². The van der Waals surface area contributed by atoms with Crippen molar-refractivity contribution in [3.05, 3.63) is 16.1 Å². The van der Waals surface area contributed by atoms with Crippen LogP contribution >= 0.6 is 11.3 Å². The van der Waals surface area contributed by atoms with Gasteiger partial charge in [-0.2, -0.15) is 0 Å². The summed E-state index contributed by atoms with van der Waals surface area (Å²) in [7, 11) is 0. The van der Waals surface area contributed by atoms with Crippen molar-refractivity contribution in [2.75, 3.05) is 13.1 Å². The number of rotatable bonds is 4. The van der Waals surface area contributed by atoms with Crippen molar-refractivity contribution in [1.29, 1.82) is 0 Å². The Balaban J connectivity index is 1.46. The number of nitrogens with zero attached hydrogens (tertiary/aromatic N) is 2. The van der Waals surface area contributed by atoms with Gasteiger partial charge in [-0.1, -0.05) is 0 Å². The van der Waals surface area contributed by atoms with Crippen molar-refractivity contribution in [2.24, 2.45) is 0 Å². The summed E-state index contributed by atoms with van der Waals surface area (Å²) in [6.45, 7) is 3.78. The highest BCUT2D eigenvalue weighted by atomic mass is 32.1. The van der Waals surface area contributed by atoms with Gasteiger partial charge in [0.1, 0.15) is 6.04 Å². The van der Waals surface area contributed by atoms with Gasteiger partial charge in [-0.3, -0.25) is 9.59 Å². The largest absolute Gasteiger partial charge is 0.370 e. The highest BCUT2D eigenvalue weighted by molar-refractivity contribution is 7.09. The molecule has 2 aliphatic rings. The smallest absolute Gasteiger partial charge is 0.245 e. The van der Waals surface area contributed by atoms with Gasteiger partial charge in [0.15, 0.2) is 0 Å². The molecule has 2 fully saturated rings. The maximum Gasteiger partial charge on any atom is 0.245 e. The molecule has 0 unspecified atom stereocenters. The summed E-state index contributed by atoms with van der Waals surface area (Å²) in [6.07, 6.45) is 1.97. The van der Waals surface area contributed by atoms with E-state index in [1.165, 1.54) is 0 Å². The van der Waals surface area contributed by atoms with E-state index in [2.05, 4.69) is 10.3 Å². The molecule has 0 bridgehead atoms. The van der Waals surface area contributed by atoms with Crippen molar-refractivity contribution >= 4 is 23.2 Å². The molecule has 1 aromatic rings. The maximum absolute atomic E-state index is 12.3. The standard InChI is InChI=1S/C14H19N3O3S/c1-9-15-10(8-21-9)7-20-11-4-5-17(6-11)14(19)12-2-3-13(18)16-12/h8,11-12H,2-7H2,1H3,(H,16,18)/t11-,12+/m0/s1. The SMILES string of the molecule is Cc1nc(CO[C@H]2CCN(C(=O)[C@H]3CCC(=O)N3)C2)cs1. The van der Waals surface area contributed by atoms with Crippen LogP contribution in [-0.2, 0) is 20.9 Å². The van der Waals surface area contributed by atoms with Crippen LogP contribution in [0.5, 0.6) is 0 Å². The molecule has 0 aliphatic carbocycles. The Kier molecular flexibility index (Phi) is 4.21. The second-order valence-corrected chi connectivity index (χ2v) is 6.58. The van der Waals surface area contributed by atoms with E-state index in [4.69, 9.17) is 4.74 Å². The number of carbonyl (C=O) groups is 2. The van der Waals surface area contributed by atoms with Gasteiger partial charge in [-0.25, -0.2) is 4.98 Å². The number of ether oxygens (including phenoxy) is 1. The number of hydrogen-bond acceptors (Lipinski definition) is 5. The minimum Gasteiger partial charge on any atom is -0.370 e. The summed E-state index contributed by atoms with van der Waals surface area (Å²) in [5.41, 5.74) is 0.949. The van der Waals surface area contributed by atoms with Crippen LogP contribution in [0.3, 0.4) is 0 Å². The predicted molar refractivity (Wildman–Crippen MR) is 77.8 cm³/mol. The van der Waals surface area contributed by atoms with Gasteiger partial charge < -0.3 is 15.0 Å². The first-order valence-electron chi connectivity index (χ1n) is 7.22. The average Bonchev–Trinajstić information content (AvgIpc) is 3.17. The zero-order valence-electron chi connectivity index (χ0n) is 12.0. The Morgan fingerprint density at radius 2 is 2.43 bits per heavy atom. The fourth-order valence-electron chi connectivity index (χ4n) is 2.76. The predicted octanol–water partition coefficient (Wildman–Crippen LogP) is 0.848. The van der Waals surface area contributed by atoms with E-state index in [0.29, 0.717) is 32.5 Å². The summed E-state index contributed by atoms with van der Waals surface area (Å²) in [5.74, 6) is -0.00398. The van der Waals surface area contributed by atoms with Crippen LogP contribution in [0.4, 0.5) is 0 Å². The summed E-state index contributed by atoms with van der Waals surface area (Å²) in [5, 5.41) is 5.76. The lowest BCUT2D eigenvalue weighted by Crippen LogP contribution is -2.43. The third kappa shape index (κ3) is 3.41. The minimum atomic E-state index is -0.336. The summed E-state index contributed by atoms with van der Waals surface area (Å²) in [6, 6.07) is -0.336. The lowest BCUT2D eigenvalue weighted by Gasteiger charge is -2.20. The number of amides is 2. The fourth-order valence-corrected chi connectivity index (χ4v) is 3.36. The van der Waals surface area contributed by atoms with Crippen LogP contribution in [0.1, 0.15) is 30.0 Å². The molecule has 0 saturated carbocycles. The monoisotopic (exact) mass is 309 g/mol. The van der Waals surface area contributed by atoms with Crippen LogP contribution in [0.2, 0.25) is 0 Å². The van der Waals surface area contributed by atoms with Gasteiger partial charge >= 0.3 is 0 Å². The molecule has 2 aliphatic heterocycles. The average molecular weight is 309 g/mol. The van der Waals surface area contributed by atoms with Crippen molar-refractivity contribution in [2.45, 2.75) is 44.9 Å². The molecule has 3 heterocycles. The van der Waals surface area contributed by atoms with E-state index in [9.17, 15) is 9.59 Å². The molecule has 0 spiro atoms. The lowest BCUT2D eigenvalue weighted by molar-refractivity contribution is -0.133. The number of aryl methyl sites for hydroxylation is 1. The molecule has 3 rings (SSSR count). The van der Waals surface area contributed by atoms with E-state index in [1.54, 1.807) is 16.2 Å². The summed E-state index contributed by atoms with van der Waals surface area (Å²) >= 11 is 1.61. The number of hydrogen-bond donors (Lipinski definition) is 1. The molecule has 6 nitrogen and oxygen atoms in total. The van der Waals surface area contributed by atoms with Gasteiger partial charge in [0.25, 0.3) is 0 Å². The first-order valence-corrected chi connectivity index (χ1v) is 8.10. The first kappa shape index (κ1) is 14.5. The van der Waals surface area contributed by atoms with Gasteiger partial charge in [-0.15, -0.1) is 11.3 Å². The molecule has 21 heavy (non-hydrogen) atoms. The molecule has 7 heteroatoms. The third-order valence-corrected chi connectivity index (χ3v) is 4.71. The van der Waals surface area contributed by atoms with E-state index >= 15 is 0 Å². The van der Waals surface area contributed by atoms with E-state index < -0.39 is 0 Å². The van der Waals surface area contributed by atoms with Crippen LogP contribution in [-0.4, -0.2) is 46.9 Å². The Labute approximate surface area is 127 Å². The quantitative estimate of drug-likeness (QED) is 0.895. The lowest BCUT2D eigenvalue weighted by atomic mass is 10.2. The number of likely N-dealkylation sites (tertiary alicyclic amines) is 1. The Morgan fingerprint density at radius 1 is 1.57 bits per heavy atom. The van der Waals surface area contributed by atoms with Crippen LogP contribution in [0, 0.1) is 6.92 Å². The summed E-state index contributed by atoms with van der Waals surface area (Å²) < 4.78 is 5.83. The molecule has 0 aromatic carbocycles. The zero-order chi connectivity index (χ0) is 14.8. The number of carbonyl (C=O) groups excluding carboxylic acids is 2.